The first-order valence-corrected chi connectivity index (χ1v) is 9.70. The molecule has 4 heterocycles. The van der Waals surface area contributed by atoms with Gasteiger partial charge in [0.15, 0.2) is 0 Å². The topological polar surface area (TPSA) is 80.0 Å². The molecule has 0 aliphatic carbocycles. The Morgan fingerprint density at radius 1 is 1.10 bits per heavy atom. The average Bonchev–Trinajstić information content (AvgIpc) is 3.34. The Morgan fingerprint density at radius 2 is 1.97 bits per heavy atom. The number of tetrazole rings is 1. The van der Waals surface area contributed by atoms with E-state index in [1.165, 1.54) is 28.4 Å². The van der Waals surface area contributed by atoms with Crippen molar-refractivity contribution in [2.24, 2.45) is 0 Å². The van der Waals surface area contributed by atoms with Crippen molar-refractivity contribution in [3.8, 4) is 5.69 Å². The zero-order valence-corrected chi connectivity index (χ0v) is 15.9. The van der Waals surface area contributed by atoms with Gasteiger partial charge in [-0.15, -0.1) is 16.4 Å². The highest BCUT2D eigenvalue weighted by molar-refractivity contribution is 7.12. The predicted octanol–water partition coefficient (Wildman–Crippen LogP) is 2.49. The minimum Gasteiger partial charge on any atom is -0.355 e. The van der Waals surface area contributed by atoms with Crippen molar-refractivity contribution < 1.29 is 18.0 Å². The zero-order valence-electron chi connectivity index (χ0n) is 15.1. The van der Waals surface area contributed by atoms with Gasteiger partial charge in [-0.2, -0.15) is 17.9 Å². The zero-order chi connectivity index (χ0) is 20.4. The van der Waals surface area contributed by atoms with E-state index in [2.05, 4.69) is 20.5 Å². The molecule has 152 valence electrons. The van der Waals surface area contributed by atoms with E-state index in [9.17, 15) is 18.0 Å². The van der Waals surface area contributed by atoms with Crippen molar-refractivity contribution in [3.05, 3.63) is 46.5 Å². The second kappa shape index (κ2) is 7.78. The molecule has 1 amide bonds. The molecule has 4 rings (SSSR count). The Bertz CT molecular complexity index is 972. The summed E-state index contributed by atoms with van der Waals surface area (Å²) >= 11 is 1.32. The van der Waals surface area contributed by atoms with Crippen LogP contribution in [0.15, 0.2) is 36.1 Å². The van der Waals surface area contributed by atoms with Gasteiger partial charge in [0.2, 0.25) is 0 Å². The first-order valence-electron chi connectivity index (χ1n) is 8.82. The van der Waals surface area contributed by atoms with Crippen LogP contribution in [0.2, 0.25) is 0 Å². The highest BCUT2D eigenvalue weighted by atomic mass is 32.1. The van der Waals surface area contributed by atoms with E-state index >= 15 is 0 Å². The van der Waals surface area contributed by atoms with Crippen molar-refractivity contribution >= 4 is 23.1 Å². The van der Waals surface area contributed by atoms with Gasteiger partial charge in [-0.3, -0.25) is 4.79 Å². The third-order valence-electron chi connectivity index (χ3n) is 4.62. The van der Waals surface area contributed by atoms with E-state index in [0.29, 0.717) is 49.0 Å². The molecule has 3 aromatic rings. The Morgan fingerprint density at radius 3 is 2.66 bits per heavy atom. The summed E-state index contributed by atoms with van der Waals surface area (Å²) in [6, 6.07) is 4.18. The van der Waals surface area contributed by atoms with E-state index in [1.807, 2.05) is 4.90 Å². The van der Waals surface area contributed by atoms with E-state index in [1.54, 1.807) is 16.3 Å². The van der Waals surface area contributed by atoms with Gasteiger partial charge in [0.05, 0.1) is 11.3 Å². The molecule has 1 aliphatic rings. The molecule has 8 nitrogen and oxygen atoms in total. The highest BCUT2D eigenvalue weighted by Gasteiger charge is 2.31. The summed E-state index contributed by atoms with van der Waals surface area (Å²) in [4.78, 5) is 21.2. The number of halogens is 3. The normalized spacial score (nSPS) is 15.4. The lowest BCUT2D eigenvalue weighted by Gasteiger charge is -2.23. The number of anilines is 1. The number of nitrogens with zero attached hydrogens (tertiary/aromatic N) is 7. The second-order valence-electron chi connectivity index (χ2n) is 6.42. The molecular formula is C17H16F3N7OS. The third-order valence-corrected chi connectivity index (χ3v) is 5.51. The van der Waals surface area contributed by atoms with Crippen LogP contribution in [0, 0.1) is 0 Å². The standard InChI is InChI=1S/C17H16F3N7OS/c18-17(19,20)12-2-3-14(21-10-12)25-5-1-6-26(8-7-25)16(28)15-13(4-9-29-15)27-11-22-23-24-27/h2-4,9-11H,1,5-8H2. The van der Waals surface area contributed by atoms with Crippen molar-refractivity contribution in [2.75, 3.05) is 31.1 Å². The van der Waals surface area contributed by atoms with Crippen molar-refractivity contribution in [1.29, 1.82) is 0 Å². The maximum atomic E-state index is 13.0. The van der Waals surface area contributed by atoms with Gasteiger partial charge >= 0.3 is 6.18 Å². The van der Waals surface area contributed by atoms with Crippen LogP contribution >= 0.6 is 11.3 Å². The van der Waals surface area contributed by atoms with E-state index in [-0.39, 0.29) is 5.91 Å². The molecule has 12 heteroatoms. The van der Waals surface area contributed by atoms with Crippen LogP contribution in [-0.4, -0.2) is 62.2 Å². The molecule has 0 aromatic carbocycles. The lowest BCUT2D eigenvalue weighted by Crippen LogP contribution is -2.35. The van der Waals surface area contributed by atoms with Crippen molar-refractivity contribution in [1.82, 2.24) is 30.1 Å². The number of thiophene rings is 1. The number of pyridine rings is 1. The molecule has 1 fully saturated rings. The number of hydrogen-bond acceptors (Lipinski definition) is 7. The lowest BCUT2D eigenvalue weighted by atomic mass is 10.2. The van der Waals surface area contributed by atoms with Gasteiger partial charge < -0.3 is 9.80 Å². The predicted molar refractivity (Wildman–Crippen MR) is 99.0 cm³/mol. The Labute approximate surface area is 167 Å². The van der Waals surface area contributed by atoms with Crippen molar-refractivity contribution in [2.45, 2.75) is 12.6 Å². The fourth-order valence-corrected chi connectivity index (χ4v) is 3.99. The third kappa shape index (κ3) is 4.06. The van der Waals surface area contributed by atoms with Crippen LogP contribution in [0.25, 0.3) is 5.69 Å². The summed E-state index contributed by atoms with van der Waals surface area (Å²) in [5.41, 5.74) is -0.156. The molecule has 0 bridgehead atoms. The fraction of sp³-hybridized carbons (Fsp3) is 0.353. The Balaban J connectivity index is 1.46. The summed E-state index contributed by atoms with van der Waals surface area (Å²) in [6.07, 6.45) is -1.46. The van der Waals surface area contributed by atoms with Crippen LogP contribution in [-0.2, 0) is 6.18 Å². The number of carbonyl (C=O) groups excluding carboxylic acids is 1. The first kappa shape index (κ1) is 19.3. The van der Waals surface area contributed by atoms with E-state index < -0.39 is 11.7 Å². The van der Waals surface area contributed by atoms with Gasteiger partial charge in [-0.1, -0.05) is 0 Å². The number of rotatable bonds is 3. The van der Waals surface area contributed by atoms with E-state index in [0.717, 1.165) is 12.3 Å². The summed E-state index contributed by atoms with van der Waals surface area (Å²) in [7, 11) is 0. The molecule has 0 spiro atoms. The maximum absolute atomic E-state index is 13.0. The monoisotopic (exact) mass is 423 g/mol. The fourth-order valence-electron chi connectivity index (χ4n) is 3.15. The quantitative estimate of drug-likeness (QED) is 0.644. The molecule has 29 heavy (non-hydrogen) atoms. The van der Waals surface area contributed by atoms with E-state index in [4.69, 9.17) is 0 Å². The Kier molecular flexibility index (Phi) is 5.18. The molecular weight excluding hydrogens is 407 g/mol. The molecule has 1 aliphatic heterocycles. The number of amides is 1. The van der Waals surface area contributed by atoms with Crippen LogP contribution in [0.1, 0.15) is 21.7 Å². The average molecular weight is 423 g/mol. The minimum atomic E-state index is -4.41. The number of hydrogen-bond donors (Lipinski definition) is 0. The largest absolute Gasteiger partial charge is 0.417 e. The molecule has 0 radical (unpaired) electrons. The minimum absolute atomic E-state index is 0.118. The summed E-state index contributed by atoms with van der Waals surface area (Å²) in [5.74, 6) is 0.352. The molecule has 0 saturated carbocycles. The van der Waals surface area contributed by atoms with Crippen LogP contribution < -0.4 is 4.90 Å². The lowest BCUT2D eigenvalue weighted by molar-refractivity contribution is -0.137. The number of carbonyl (C=O) groups is 1. The highest BCUT2D eigenvalue weighted by Crippen LogP contribution is 2.29. The molecule has 0 N–H and O–H groups in total. The maximum Gasteiger partial charge on any atom is 0.417 e. The summed E-state index contributed by atoms with van der Waals surface area (Å²) in [5, 5.41) is 12.8. The summed E-state index contributed by atoms with van der Waals surface area (Å²) < 4.78 is 39.6. The van der Waals surface area contributed by atoms with Gasteiger partial charge in [-0.25, -0.2) is 4.98 Å². The number of alkyl halides is 3. The van der Waals surface area contributed by atoms with Crippen LogP contribution in [0.4, 0.5) is 19.0 Å². The van der Waals surface area contributed by atoms with Gasteiger partial charge in [0.1, 0.15) is 17.0 Å². The van der Waals surface area contributed by atoms with Gasteiger partial charge in [0.25, 0.3) is 5.91 Å². The smallest absolute Gasteiger partial charge is 0.355 e. The van der Waals surface area contributed by atoms with Gasteiger partial charge in [0, 0.05) is 32.4 Å². The SMILES string of the molecule is O=C(c1sccc1-n1cnnn1)N1CCCN(c2ccc(C(F)(F)F)cn2)CC1. The Hall–Kier alpha value is -3.02. The molecule has 3 aromatic heterocycles. The van der Waals surface area contributed by atoms with Crippen LogP contribution in [0.3, 0.4) is 0 Å². The molecule has 0 atom stereocenters. The molecule has 0 unspecified atom stereocenters. The van der Waals surface area contributed by atoms with Crippen molar-refractivity contribution in [3.63, 3.8) is 0 Å². The second-order valence-corrected chi connectivity index (χ2v) is 7.34. The van der Waals surface area contributed by atoms with Crippen LogP contribution in [0.5, 0.6) is 0 Å². The first-order chi connectivity index (χ1) is 13.9. The molecule has 1 saturated heterocycles. The van der Waals surface area contributed by atoms with Gasteiger partial charge in [-0.05, 0) is 40.4 Å². The summed E-state index contributed by atoms with van der Waals surface area (Å²) in [6.45, 7) is 2.07. The number of aromatic nitrogens is 5.